The molecule has 0 spiro atoms. The number of benzene rings is 1. The third kappa shape index (κ3) is 1.77. The van der Waals surface area contributed by atoms with Crippen molar-refractivity contribution in [3.8, 4) is 5.75 Å². The van der Waals surface area contributed by atoms with E-state index in [-0.39, 0.29) is 22.6 Å². The number of fused-ring (bicyclic) bond motifs is 1. The summed E-state index contributed by atoms with van der Waals surface area (Å²) in [4.78, 5) is 27.9. The molecule has 1 N–H and O–H groups in total. The summed E-state index contributed by atoms with van der Waals surface area (Å²) in [7, 11) is 0. The van der Waals surface area contributed by atoms with Gasteiger partial charge in [0.05, 0.1) is 5.02 Å². The molecular weight excluding hydrogens is 280 g/mol. The Morgan fingerprint density at radius 3 is 2.85 bits per heavy atom. The summed E-state index contributed by atoms with van der Waals surface area (Å²) < 4.78 is 0. The van der Waals surface area contributed by atoms with E-state index in [1.165, 1.54) is 12.1 Å². The fourth-order valence-electron chi connectivity index (χ4n) is 3.09. The number of phenolic OH excluding ortho intramolecular Hbond substituents is 1. The van der Waals surface area contributed by atoms with Crippen LogP contribution in [0.1, 0.15) is 30.1 Å². The zero-order valence-corrected chi connectivity index (χ0v) is 11.9. The molecule has 3 rings (SSSR count). The van der Waals surface area contributed by atoms with E-state index < -0.39 is 5.66 Å². The van der Waals surface area contributed by atoms with Crippen molar-refractivity contribution < 1.29 is 14.7 Å². The van der Waals surface area contributed by atoms with Gasteiger partial charge in [0, 0.05) is 25.1 Å². The molecule has 2 saturated heterocycles. The summed E-state index contributed by atoms with van der Waals surface area (Å²) in [6, 6.07) is 4.42. The second-order valence-corrected chi connectivity index (χ2v) is 5.79. The summed E-state index contributed by atoms with van der Waals surface area (Å²) in [6.45, 7) is 3.03. The van der Waals surface area contributed by atoms with Crippen molar-refractivity contribution in [1.82, 2.24) is 9.80 Å². The highest BCUT2D eigenvalue weighted by atomic mass is 35.5. The summed E-state index contributed by atoms with van der Waals surface area (Å²) >= 11 is 5.85. The van der Waals surface area contributed by atoms with Crippen molar-refractivity contribution >= 4 is 23.4 Å². The van der Waals surface area contributed by atoms with Crippen LogP contribution in [0.5, 0.6) is 5.75 Å². The highest BCUT2D eigenvalue weighted by Gasteiger charge is 2.51. The molecule has 0 saturated carbocycles. The van der Waals surface area contributed by atoms with E-state index in [1.54, 1.807) is 15.9 Å². The van der Waals surface area contributed by atoms with Crippen molar-refractivity contribution in [2.75, 3.05) is 13.1 Å². The number of nitrogens with zero attached hydrogens (tertiary/aromatic N) is 2. The molecule has 2 heterocycles. The van der Waals surface area contributed by atoms with E-state index in [0.29, 0.717) is 31.5 Å². The van der Waals surface area contributed by atoms with E-state index in [2.05, 4.69) is 0 Å². The number of hydrogen-bond acceptors (Lipinski definition) is 3. The van der Waals surface area contributed by atoms with Crippen LogP contribution in [0.4, 0.5) is 0 Å². The average Bonchev–Trinajstić information content (AvgIpc) is 2.89. The Morgan fingerprint density at radius 1 is 1.40 bits per heavy atom. The van der Waals surface area contributed by atoms with Crippen LogP contribution < -0.4 is 0 Å². The lowest BCUT2D eigenvalue weighted by molar-refractivity contribution is -0.130. The largest absolute Gasteiger partial charge is 0.506 e. The lowest BCUT2D eigenvalue weighted by Crippen LogP contribution is -2.50. The van der Waals surface area contributed by atoms with Crippen molar-refractivity contribution in [3.05, 3.63) is 28.8 Å². The van der Waals surface area contributed by atoms with Gasteiger partial charge in [-0.15, -0.1) is 0 Å². The number of carbonyl (C=O) groups is 2. The molecule has 1 atom stereocenters. The fraction of sp³-hybridized carbons (Fsp3) is 0.429. The molecule has 0 radical (unpaired) electrons. The minimum atomic E-state index is -0.529. The molecule has 0 aliphatic carbocycles. The first-order chi connectivity index (χ1) is 9.43. The number of hydrogen-bond donors (Lipinski definition) is 1. The molecular formula is C14H15ClN2O3. The van der Waals surface area contributed by atoms with Crippen LogP contribution in [0.3, 0.4) is 0 Å². The third-order valence-corrected chi connectivity index (χ3v) is 4.57. The van der Waals surface area contributed by atoms with Gasteiger partial charge >= 0.3 is 0 Å². The Labute approximate surface area is 121 Å². The van der Waals surface area contributed by atoms with Gasteiger partial charge in [0.15, 0.2) is 0 Å². The molecule has 0 aromatic heterocycles. The normalized spacial score (nSPS) is 25.2. The van der Waals surface area contributed by atoms with Crippen molar-refractivity contribution in [1.29, 1.82) is 0 Å². The number of phenols is 1. The predicted molar refractivity (Wildman–Crippen MR) is 73.5 cm³/mol. The van der Waals surface area contributed by atoms with Crippen LogP contribution in [0, 0.1) is 0 Å². The molecule has 2 amide bonds. The van der Waals surface area contributed by atoms with Crippen LogP contribution in [0.15, 0.2) is 18.2 Å². The first-order valence-electron chi connectivity index (χ1n) is 6.54. The van der Waals surface area contributed by atoms with Gasteiger partial charge in [-0.2, -0.15) is 0 Å². The molecule has 20 heavy (non-hydrogen) atoms. The lowest BCUT2D eigenvalue weighted by atomic mass is 10.1. The Balaban J connectivity index is 1.91. The molecule has 6 heteroatoms. The Kier molecular flexibility index (Phi) is 2.90. The maximum absolute atomic E-state index is 12.6. The SMILES string of the molecule is CC12CCC(=O)N1CCN2C(=O)c1ccc(O)c(Cl)c1. The van der Waals surface area contributed by atoms with Crippen molar-refractivity contribution in [3.63, 3.8) is 0 Å². The van der Waals surface area contributed by atoms with E-state index in [0.717, 1.165) is 0 Å². The minimum absolute atomic E-state index is 0.0477. The van der Waals surface area contributed by atoms with Gasteiger partial charge in [-0.3, -0.25) is 9.59 Å². The first kappa shape index (κ1) is 13.2. The average molecular weight is 295 g/mol. The Bertz CT molecular complexity index is 604. The van der Waals surface area contributed by atoms with Gasteiger partial charge in [0.2, 0.25) is 5.91 Å². The number of rotatable bonds is 1. The van der Waals surface area contributed by atoms with E-state index in [9.17, 15) is 14.7 Å². The van der Waals surface area contributed by atoms with Gasteiger partial charge in [-0.1, -0.05) is 11.6 Å². The standard InChI is InChI=1S/C14H15ClN2O3/c1-14-5-4-12(19)16(14)6-7-17(14)13(20)9-2-3-11(18)10(15)8-9/h2-3,8,18H,4-7H2,1H3. The molecule has 2 aliphatic heterocycles. The Hall–Kier alpha value is -1.75. The number of halogens is 1. The number of amides is 2. The summed E-state index contributed by atoms with van der Waals surface area (Å²) in [6.07, 6.45) is 1.14. The Morgan fingerprint density at radius 2 is 2.15 bits per heavy atom. The number of aromatic hydroxyl groups is 1. The molecule has 2 fully saturated rings. The summed E-state index contributed by atoms with van der Waals surface area (Å²) in [5.41, 5.74) is -0.103. The second kappa shape index (κ2) is 4.38. The highest BCUT2D eigenvalue weighted by molar-refractivity contribution is 6.32. The van der Waals surface area contributed by atoms with E-state index in [4.69, 9.17) is 11.6 Å². The molecule has 1 aromatic rings. The van der Waals surface area contributed by atoms with Crippen LogP contribution in [-0.4, -0.2) is 45.5 Å². The molecule has 106 valence electrons. The van der Waals surface area contributed by atoms with Crippen LogP contribution in [-0.2, 0) is 4.79 Å². The zero-order chi connectivity index (χ0) is 14.5. The van der Waals surface area contributed by atoms with Crippen LogP contribution >= 0.6 is 11.6 Å². The number of carbonyl (C=O) groups excluding carboxylic acids is 2. The van der Waals surface area contributed by atoms with Crippen molar-refractivity contribution in [2.24, 2.45) is 0 Å². The van der Waals surface area contributed by atoms with Gasteiger partial charge in [-0.05, 0) is 31.5 Å². The van der Waals surface area contributed by atoms with E-state index in [1.807, 2.05) is 6.92 Å². The molecule has 1 aromatic carbocycles. The second-order valence-electron chi connectivity index (χ2n) is 5.39. The van der Waals surface area contributed by atoms with Crippen LogP contribution in [0.2, 0.25) is 5.02 Å². The van der Waals surface area contributed by atoms with E-state index >= 15 is 0 Å². The zero-order valence-electron chi connectivity index (χ0n) is 11.1. The van der Waals surface area contributed by atoms with Crippen LogP contribution in [0.25, 0.3) is 0 Å². The molecule has 2 aliphatic rings. The minimum Gasteiger partial charge on any atom is -0.506 e. The molecule has 0 bridgehead atoms. The van der Waals surface area contributed by atoms with Gasteiger partial charge in [-0.25, -0.2) is 0 Å². The fourth-order valence-corrected chi connectivity index (χ4v) is 3.27. The summed E-state index contributed by atoms with van der Waals surface area (Å²) in [5, 5.41) is 9.57. The van der Waals surface area contributed by atoms with Crippen molar-refractivity contribution in [2.45, 2.75) is 25.4 Å². The molecule has 5 nitrogen and oxygen atoms in total. The van der Waals surface area contributed by atoms with Gasteiger partial charge in [0.25, 0.3) is 5.91 Å². The lowest BCUT2D eigenvalue weighted by Gasteiger charge is -2.35. The van der Waals surface area contributed by atoms with Gasteiger partial charge in [0.1, 0.15) is 11.4 Å². The maximum atomic E-state index is 12.6. The smallest absolute Gasteiger partial charge is 0.255 e. The predicted octanol–water partition coefficient (Wildman–Crippen LogP) is 1.84. The highest BCUT2D eigenvalue weighted by Crippen LogP contribution is 2.38. The maximum Gasteiger partial charge on any atom is 0.255 e. The topological polar surface area (TPSA) is 60.9 Å². The summed E-state index contributed by atoms with van der Waals surface area (Å²) in [5.74, 6) is -0.105. The first-order valence-corrected chi connectivity index (χ1v) is 6.92. The molecule has 1 unspecified atom stereocenters. The third-order valence-electron chi connectivity index (χ3n) is 4.26. The quantitative estimate of drug-likeness (QED) is 0.860. The monoisotopic (exact) mass is 294 g/mol. The van der Waals surface area contributed by atoms with Gasteiger partial charge < -0.3 is 14.9 Å².